The molecule has 5 rings (SSSR count). The van der Waals surface area contributed by atoms with Crippen molar-refractivity contribution in [3.8, 4) is 0 Å². The van der Waals surface area contributed by atoms with Crippen LogP contribution in [0.1, 0.15) is 114 Å². The molecule has 2 aliphatic heterocycles. The van der Waals surface area contributed by atoms with E-state index in [0.717, 1.165) is 56.8 Å². The van der Waals surface area contributed by atoms with Gasteiger partial charge in [0.15, 0.2) is 0 Å². The van der Waals surface area contributed by atoms with Crippen LogP contribution in [0.15, 0.2) is 24.8 Å². The molecule has 2 atom stereocenters. The van der Waals surface area contributed by atoms with Gasteiger partial charge in [-0.15, -0.1) is 0 Å². The molecule has 0 unspecified atom stereocenters. The minimum Gasteiger partial charge on any atom is -0.469 e. The van der Waals surface area contributed by atoms with Crippen molar-refractivity contribution in [2.75, 3.05) is 21.3 Å². The van der Waals surface area contributed by atoms with Crippen molar-refractivity contribution >= 4 is 57.2 Å². The zero-order chi connectivity index (χ0) is 34.9. The standard InChI is InChI=1S/C38H44N4O6/c1-10-23-19(3)27-16-29-21(5)25(13-12-14-33(43)46-7)36(41-29)26(15-34(44)47-8)37-35(38(45)48-9)22(6)30(42-37)18-32-24(11-2)20(4)28(40-32)17-31(23)39-27/h10,16-18,21,25,39,42H,1,11-15H2,2-9H3/t21-,25-/m0/s1. The summed E-state index contributed by atoms with van der Waals surface area (Å²) >= 11 is 0. The lowest BCUT2D eigenvalue weighted by Gasteiger charge is -2.18. The first-order valence-electron chi connectivity index (χ1n) is 16.3. The number of carbonyl (C=O) groups is 3. The molecule has 0 saturated heterocycles. The van der Waals surface area contributed by atoms with Gasteiger partial charge in [-0.05, 0) is 80.5 Å². The number of H-pyrrole nitrogens is 2. The smallest absolute Gasteiger partial charge is 0.340 e. The average Bonchev–Trinajstić information content (AvgIpc) is 3.76. The molecule has 10 nitrogen and oxygen atoms in total. The zero-order valence-electron chi connectivity index (χ0n) is 29.1. The van der Waals surface area contributed by atoms with E-state index in [2.05, 4.69) is 43.4 Å². The number of nitrogens with one attached hydrogen (secondary N) is 2. The third-order valence-electron chi connectivity index (χ3n) is 9.80. The molecule has 252 valence electrons. The number of methoxy groups -OCH3 is 3. The van der Waals surface area contributed by atoms with Gasteiger partial charge in [-0.2, -0.15) is 0 Å². The molecule has 5 heterocycles. The van der Waals surface area contributed by atoms with Crippen molar-refractivity contribution in [2.45, 2.75) is 78.6 Å². The molecule has 0 radical (unpaired) electrons. The topological polar surface area (TPSA) is 136 Å². The van der Waals surface area contributed by atoms with Gasteiger partial charge in [-0.25, -0.2) is 9.78 Å². The fourth-order valence-corrected chi connectivity index (χ4v) is 6.97. The fraction of sp³-hybridized carbons (Fsp3) is 0.395. The molecule has 0 saturated carbocycles. The number of esters is 3. The number of allylic oxidation sites excluding steroid dienone is 2. The van der Waals surface area contributed by atoms with Crippen LogP contribution in [0.2, 0.25) is 0 Å². The lowest BCUT2D eigenvalue weighted by atomic mass is 9.84. The number of aromatic amines is 2. The van der Waals surface area contributed by atoms with Crippen LogP contribution in [0.4, 0.5) is 0 Å². The van der Waals surface area contributed by atoms with Crippen molar-refractivity contribution in [3.05, 3.63) is 75.4 Å². The minimum absolute atomic E-state index is 0.0832. The first kappa shape index (κ1) is 34.3. The fourth-order valence-electron chi connectivity index (χ4n) is 6.97. The molecule has 2 aliphatic rings. The molecule has 48 heavy (non-hydrogen) atoms. The molecule has 2 N–H and O–H groups in total. The third-order valence-corrected chi connectivity index (χ3v) is 9.80. The van der Waals surface area contributed by atoms with Crippen LogP contribution in [-0.2, 0) is 30.2 Å². The summed E-state index contributed by atoms with van der Waals surface area (Å²) in [4.78, 5) is 55.9. The summed E-state index contributed by atoms with van der Waals surface area (Å²) in [7, 11) is 4.05. The quantitative estimate of drug-likeness (QED) is 0.178. The number of hydrogen-bond donors (Lipinski definition) is 2. The monoisotopic (exact) mass is 652 g/mol. The van der Waals surface area contributed by atoms with E-state index in [9.17, 15) is 14.4 Å². The number of rotatable bonds is 9. The highest BCUT2D eigenvalue weighted by Gasteiger charge is 2.33. The number of aromatic nitrogens is 4. The van der Waals surface area contributed by atoms with Crippen molar-refractivity contribution < 1.29 is 28.6 Å². The lowest BCUT2D eigenvalue weighted by Crippen LogP contribution is -2.12. The second-order valence-electron chi connectivity index (χ2n) is 12.4. The Morgan fingerprint density at radius 1 is 0.896 bits per heavy atom. The van der Waals surface area contributed by atoms with E-state index in [-0.39, 0.29) is 30.6 Å². The molecular formula is C38H44N4O6. The normalized spacial score (nSPS) is 15.8. The van der Waals surface area contributed by atoms with E-state index >= 15 is 0 Å². The van der Waals surface area contributed by atoms with Crippen LogP contribution < -0.4 is 0 Å². The number of carbonyl (C=O) groups excluding carboxylic acids is 3. The number of fused-ring (bicyclic) bond motifs is 8. The first-order valence-corrected chi connectivity index (χ1v) is 16.3. The Bertz CT molecular complexity index is 2010. The number of ether oxygens (including phenoxy) is 3. The SMILES string of the molecule is C=Cc1c(C)c2cc3nc(c(CC(=O)OC)c4[nH]c(cc5nc(cc1[nH]2)C(C)=C5CC)c(C)c4C(=O)OC)[C@@H](CCCC(=O)OC)[C@@H]3C. The van der Waals surface area contributed by atoms with Gasteiger partial charge in [-0.3, -0.25) is 14.6 Å². The highest BCUT2D eigenvalue weighted by atomic mass is 16.5. The van der Waals surface area contributed by atoms with Crippen LogP contribution in [-0.4, -0.2) is 59.2 Å². The minimum atomic E-state index is -0.536. The molecule has 10 heteroatoms. The van der Waals surface area contributed by atoms with E-state index in [1.807, 2.05) is 32.1 Å². The molecular weight excluding hydrogens is 608 g/mol. The van der Waals surface area contributed by atoms with E-state index in [0.29, 0.717) is 46.3 Å². The molecule has 0 aliphatic carbocycles. The summed E-state index contributed by atoms with van der Waals surface area (Å²) in [5.41, 5.74) is 11.7. The Kier molecular flexibility index (Phi) is 10.0. The van der Waals surface area contributed by atoms with Gasteiger partial charge in [0, 0.05) is 51.6 Å². The predicted octanol–water partition coefficient (Wildman–Crippen LogP) is 7.65. The molecule has 8 bridgehead atoms. The maximum absolute atomic E-state index is 13.5. The summed E-state index contributed by atoms with van der Waals surface area (Å²) in [6.07, 6.45) is 3.87. The molecule has 0 amide bonds. The second-order valence-corrected chi connectivity index (χ2v) is 12.4. The Hall–Kier alpha value is -4.99. The van der Waals surface area contributed by atoms with Gasteiger partial charge in [-0.1, -0.05) is 26.5 Å². The average molecular weight is 653 g/mol. The summed E-state index contributed by atoms with van der Waals surface area (Å²) in [5, 5.41) is 0. The van der Waals surface area contributed by atoms with Gasteiger partial charge in [0.05, 0.1) is 55.9 Å². The maximum Gasteiger partial charge on any atom is 0.340 e. The number of nitrogens with zero attached hydrogens (tertiary/aromatic N) is 2. The molecule has 0 fully saturated rings. The zero-order valence-corrected chi connectivity index (χ0v) is 29.1. The first-order chi connectivity index (χ1) is 23.0. The Morgan fingerprint density at radius 3 is 2.23 bits per heavy atom. The maximum atomic E-state index is 13.5. The lowest BCUT2D eigenvalue weighted by molar-refractivity contribution is -0.141. The van der Waals surface area contributed by atoms with Crippen molar-refractivity contribution in [1.29, 1.82) is 0 Å². The molecule has 3 aromatic heterocycles. The second kappa shape index (κ2) is 14.0. The van der Waals surface area contributed by atoms with Crippen LogP contribution in [0, 0.1) is 13.8 Å². The van der Waals surface area contributed by atoms with E-state index in [1.165, 1.54) is 21.3 Å². The van der Waals surface area contributed by atoms with Gasteiger partial charge in [0.25, 0.3) is 0 Å². The summed E-state index contributed by atoms with van der Waals surface area (Å²) in [5.74, 6) is -1.56. The van der Waals surface area contributed by atoms with Gasteiger partial charge >= 0.3 is 17.9 Å². The van der Waals surface area contributed by atoms with Crippen molar-refractivity contribution in [3.63, 3.8) is 0 Å². The van der Waals surface area contributed by atoms with Gasteiger partial charge in [0.2, 0.25) is 0 Å². The van der Waals surface area contributed by atoms with E-state index < -0.39 is 11.9 Å². The van der Waals surface area contributed by atoms with Crippen LogP contribution in [0.25, 0.3) is 39.3 Å². The van der Waals surface area contributed by atoms with Crippen LogP contribution in [0.3, 0.4) is 0 Å². The van der Waals surface area contributed by atoms with E-state index in [1.54, 1.807) is 0 Å². The van der Waals surface area contributed by atoms with Crippen molar-refractivity contribution in [1.82, 2.24) is 19.9 Å². The molecule has 3 aromatic rings. The van der Waals surface area contributed by atoms with Gasteiger partial charge in [0.1, 0.15) is 0 Å². The van der Waals surface area contributed by atoms with E-state index in [4.69, 9.17) is 24.2 Å². The molecule has 0 aromatic carbocycles. The Labute approximate surface area is 280 Å². The van der Waals surface area contributed by atoms with Crippen molar-refractivity contribution in [2.24, 2.45) is 0 Å². The summed E-state index contributed by atoms with van der Waals surface area (Å²) in [6, 6.07) is 6.05. The number of aryl methyl sites for hydroxylation is 2. The largest absolute Gasteiger partial charge is 0.469 e. The van der Waals surface area contributed by atoms with Gasteiger partial charge < -0.3 is 24.2 Å². The number of hydrogen-bond acceptors (Lipinski definition) is 8. The summed E-state index contributed by atoms with van der Waals surface area (Å²) < 4.78 is 15.3. The third kappa shape index (κ3) is 6.19. The molecule has 0 spiro atoms. The Morgan fingerprint density at radius 2 is 1.58 bits per heavy atom. The van der Waals surface area contributed by atoms with Crippen LogP contribution >= 0.6 is 0 Å². The predicted molar refractivity (Wildman–Crippen MR) is 187 cm³/mol. The Balaban J connectivity index is 1.99. The highest BCUT2D eigenvalue weighted by molar-refractivity contribution is 6.03. The highest BCUT2D eigenvalue weighted by Crippen LogP contribution is 2.43. The van der Waals surface area contributed by atoms with Crippen LogP contribution in [0.5, 0.6) is 0 Å². The summed E-state index contributed by atoms with van der Waals surface area (Å²) in [6.45, 7) is 14.3.